The highest BCUT2D eigenvalue weighted by atomic mass is 31.2. The minimum atomic E-state index is -3.44. The first-order valence-corrected chi connectivity index (χ1v) is 8.91. The molecule has 0 spiro atoms. The van der Waals surface area contributed by atoms with Crippen molar-refractivity contribution in [3.63, 3.8) is 0 Å². The lowest BCUT2D eigenvalue weighted by Gasteiger charge is -2.24. The summed E-state index contributed by atoms with van der Waals surface area (Å²) in [7, 11) is -3.44. The lowest BCUT2D eigenvalue weighted by molar-refractivity contribution is 0.189. The zero-order chi connectivity index (χ0) is 16.3. The quantitative estimate of drug-likeness (QED) is 0.621. The Morgan fingerprint density at radius 3 is 2.29 bits per heavy atom. The third kappa shape index (κ3) is 6.23. The summed E-state index contributed by atoms with van der Waals surface area (Å²) in [5.41, 5.74) is 2.31. The summed E-state index contributed by atoms with van der Waals surface area (Å²) in [6.07, 6.45) is 3.15. The van der Waals surface area contributed by atoms with E-state index in [4.69, 9.17) is 19.0 Å². The molecule has 0 bridgehead atoms. The van der Waals surface area contributed by atoms with Crippen LogP contribution in [0, 0.1) is 0 Å². The SMILES string of the molecule is C=P(O)(O)OCCOc1cc(C(C)C)ccc1C(C)(C)C. The summed E-state index contributed by atoms with van der Waals surface area (Å²) in [5.74, 6) is 1.24. The van der Waals surface area contributed by atoms with E-state index in [1.165, 1.54) is 5.56 Å². The van der Waals surface area contributed by atoms with E-state index in [0.29, 0.717) is 5.92 Å². The fourth-order valence-corrected chi connectivity index (χ4v) is 2.34. The van der Waals surface area contributed by atoms with Crippen molar-refractivity contribution in [2.45, 2.75) is 46.0 Å². The summed E-state index contributed by atoms with van der Waals surface area (Å²) < 4.78 is 10.6. The second-order valence-corrected chi connectivity index (χ2v) is 8.09. The molecule has 0 radical (unpaired) electrons. The number of ether oxygens (including phenoxy) is 1. The van der Waals surface area contributed by atoms with E-state index in [-0.39, 0.29) is 18.6 Å². The van der Waals surface area contributed by atoms with Gasteiger partial charge in [-0.15, -0.1) is 0 Å². The maximum atomic E-state index is 9.09. The van der Waals surface area contributed by atoms with Gasteiger partial charge in [0.05, 0.1) is 6.61 Å². The molecule has 21 heavy (non-hydrogen) atoms. The molecular formula is C16H27O4P. The van der Waals surface area contributed by atoms with Crippen LogP contribution in [0.3, 0.4) is 0 Å². The summed E-state index contributed by atoms with van der Waals surface area (Å²) >= 11 is 0. The van der Waals surface area contributed by atoms with Gasteiger partial charge in [0, 0.05) is 0 Å². The van der Waals surface area contributed by atoms with Crippen LogP contribution in [0.25, 0.3) is 0 Å². The van der Waals surface area contributed by atoms with Gasteiger partial charge in [-0.25, -0.2) is 0 Å². The Bertz CT molecular complexity index is 511. The van der Waals surface area contributed by atoms with Gasteiger partial charge >= 0.3 is 0 Å². The lowest BCUT2D eigenvalue weighted by Crippen LogP contribution is -2.15. The zero-order valence-electron chi connectivity index (χ0n) is 13.6. The number of benzene rings is 1. The molecule has 0 amide bonds. The van der Waals surface area contributed by atoms with Crippen LogP contribution < -0.4 is 4.74 Å². The van der Waals surface area contributed by atoms with Crippen LogP contribution in [0.4, 0.5) is 0 Å². The predicted octanol–water partition coefficient (Wildman–Crippen LogP) is 3.68. The van der Waals surface area contributed by atoms with Crippen LogP contribution in [0.2, 0.25) is 0 Å². The molecule has 5 heteroatoms. The summed E-state index contributed by atoms with van der Waals surface area (Å²) in [4.78, 5) is 18.2. The highest BCUT2D eigenvalue weighted by molar-refractivity contribution is 7.57. The van der Waals surface area contributed by atoms with Crippen LogP contribution in [0.1, 0.15) is 51.7 Å². The van der Waals surface area contributed by atoms with E-state index in [1.807, 2.05) is 0 Å². The van der Waals surface area contributed by atoms with Crippen molar-refractivity contribution in [2.24, 2.45) is 0 Å². The van der Waals surface area contributed by atoms with Crippen LogP contribution in [-0.2, 0) is 9.94 Å². The molecule has 1 rings (SSSR count). The molecule has 0 aromatic heterocycles. The standard InChI is InChI=1S/C16H27O4P/c1-12(2)13-7-8-14(16(3,4)5)15(11-13)19-9-10-20-21(6,17)18/h7-8,11-12,17-18H,6,9-10H2,1-5H3. The maximum Gasteiger partial charge on any atom is 0.245 e. The topological polar surface area (TPSA) is 58.9 Å². The Kier molecular flexibility index (Phi) is 6.06. The average molecular weight is 314 g/mol. The molecule has 0 atom stereocenters. The summed E-state index contributed by atoms with van der Waals surface area (Å²) in [5, 5.41) is 0. The fourth-order valence-electron chi connectivity index (χ4n) is 1.97. The smallest absolute Gasteiger partial charge is 0.245 e. The zero-order valence-corrected chi connectivity index (χ0v) is 14.5. The number of rotatable bonds is 6. The highest BCUT2D eigenvalue weighted by Crippen LogP contribution is 2.36. The molecule has 0 fully saturated rings. The minimum Gasteiger partial charge on any atom is -0.491 e. The Hall–Kier alpha value is -0.800. The first-order valence-electron chi connectivity index (χ1n) is 7.11. The van der Waals surface area contributed by atoms with Gasteiger partial charge in [0.25, 0.3) is 0 Å². The molecule has 4 nitrogen and oxygen atoms in total. The molecule has 0 aliphatic carbocycles. The van der Waals surface area contributed by atoms with Gasteiger partial charge in [-0.05, 0) is 34.8 Å². The number of hydrogen-bond acceptors (Lipinski definition) is 4. The predicted molar refractivity (Wildman–Crippen MR) is 89.2 cm³/mol. The van der Waals surface area contributed by atoms with Gasteiger partial charge in [0.1, 0.15) is 12.4 Å². The van der Waals surface area contributed by atoms with Crippen molar-refractivity contribution in [3.8, 4) is 5.75 Å². The van der Waals surface area contributed by atoms with Crippen molar-refractivity contribution in [1.29, 1.82) is 0 Å². The van der Waals surface area contributed by atoms with Crippen LogP contribution >= 0.6 is 7.57 Å². The molecule has 120 valence electrons. The van der Waals surface area contributed by atoms with E-state index in [1.54, 1.807) is 0 Å². The summed E-state index contributed by atoms with van der Waals surface area (Å²) in [6.45, 7) is 11.0. The molecule has 0 unspecified atom stereocenters. The van der Waals surface area contributed by atoms with Gasteiger partial charge in [-0.3, -0.25) is 0 Å². The van der Waals surface area contributed by atoms with Gasteiger partial charge in [0.15, 0.2) is 0 Å². The average Bonchev–Trinajstić information content (AvgIpc) is 2.32. The van der Waals surface area contributed by atoms with E-state index in [0.717, 1.165) is 11.3 Å². The molecule has 0 aliphatic rings. The molecule has 0 saturated carbocycles. The minimum absolute atomic E-state index is 0.0251. The van der Waals surface area contributed by atoms with Crippen LogP contribution in [0.15, 0.2) is 18.2 Å². The van der Waals surface area contributed by atoms with Crippen molar-refractivity contribution in [1.82, 2.24) is 0 Å². The van der Waals surface area contributed by atoms with E-state index >= 15 is 0 Å². The van der Waals surface area contributed by atoms with E-state index in [9.17, 15) is 0 Å². The van der Waals surface area contributed by atoms with Gasteiger partial charge in [-0.2, -0.15) is 0 Å². The van der Waals surface area contributed by atoms with Crippen molar-refractivity contribution in [3.05, 3.63) is 29.3 Å². The molecule has 0 saturated heterocycles. The normalized spacial score (nSPS) is 12.8. The van der Waals surface area contributed by atoms with Gasteiger partial charge < -0.3 is 19.0 Å². The third-order valence-corrected chi connectivity index (χ3v) is 3.72. The fraction of sp³-hybridized carbons (Fsp3) is 0.562. The highest BCUT2D eigenvalue weighted by Gasteiger charge is 2.20. The second-order valence-electron chi connectivity index (χ2n) is 6.51. The van der Waals surface area contributed by atoms with Crippen molar-refractivity contribution >= 4 is 13.9 Å². The molecular weight excluding hydrogens is 287 g/mol. The molecule has 1 aromatic carbocycles. The Labute approximate surface area is 127 Å². The Morgan fingerprint density at radius 1 is 1.19 bits per heavy atom. The number of hydrogen-bond donors (Lipinski definition) is 2. The summed E-state index contributed by atoms with van der Waals surface area (Å²) in [6, 6.07) is 6.28. The molecule has 1 aromatic rings. The maximum absolute atomic E-state index is 9.09. The monoisotopic (exact) mass is 314 g/mol. The second kappa shape index (κ2) is 6.97. The third-order valence-electron chi connectivity index (χ3n) is 3.12. The lowest BCUT2D eigenvalue weighted by atomic mass is 9.85. The van der Waals surface area contributed by atoms with E-state index in [2.05, 4.69) is 59.1 Å². The first kappa shape index (κ1) is 18.2. The van der Waals surface area contributed by atoms with Gasteiger partial charge in [0.2, 0.25) is 7.57 Å². The molecule has 0 heterocycles. The molecule has 0 aliphatic heterocycles. The van der Waals surface area contributed by atoms with Crippen molar-refractivity contribution in [2.75, 3.05) is 13.2 Å². The largest absolute Gasteiger partial charge is 0.491 e. The Balaban J connectivity index is 2.86. The first-order chi connectivity index (χ1) is 9.50. The molecule has 2 N–H and O–H groups in total. The van der Waals surface area contributed by atoms with Gasteiger partial charge in [-0.1, -0.05) is 46.8 Å². The van der Waals surface area contributed by atoms with Crippen LogP contribution in [-0.4, -0.2) is 29.3 Å². The van der Waals surface area contributed by atoms with Crippen molar-refractivity contribution < 1.29 is 19.0 Å². The van der Waals surface area contributed by atoms with E-state index < -0.39 is 7.57 Å². The van der Waals surface area contributed by atoms with Crippen LogP contribution in [0.5, 0.6) is 5.75 Å². The Morgan fingerprint density at radius 2 is 1.81 bits per heavy atom.